The molecular formula is C14H25N3O2. The van der Waals surface area contributed by atoms with Crippen LogP contribution in [0.5, 0.6) is 5.75 Å². The number of ether oxygens (including phenoxy) is 1. The van der Waals surface area contributed by atoms with Crippen LogP contribution in [0.2, 0.25) is 0 Å². The Morgan fingerprint density at radius 2 is 2.05 bits per heavy atom. The molecule has 0 unspecified atom stereocenters. The van der Waals surface area contributed by atoms with Crippen molar-refractivity contribution in [2.45, 2.75) is 45.3 Å². The van der Waals surface area contributed by atoms with E-state index in [9.17, 15) is 5.11 Å². The topological polar surface area (TPSA) is 50.5 Å². The van der Waals surface area contributed by atoms with E-state index < -0.39 is 5.60 Å². The van der Waals surface area contributed by atoms with Crippen LogP contribution < -0.4 is 4.74 Å². The highest BCUT2D eigenvalue weighted by molar-refractivity contribution is 5.31. The number of likely N-dealkylation sites (tertiary alicyclic amines) is 1. The van der Waals surface area contributed by atoms with Crippen molar-refractivity contribution in [1.82, 2.24) is 14.7 Å². The minimum Gasteiger partial charge on any atom is -0.493 e. The van der Waals surface area contributed by atoms with Gasteiger partial charge >= 0.3 is 0 Å². The SMILES string of the molecule is CCCn1ncc(OC)c1C1(O)CCN(CC)CC1. The van der Waals surface area contributed by atoms with Gasteiger partial charge in [-0.05, 0) is 25.8 Å². The maximum Gasteiger partial charge on any atom is 0.162 e. The number of aromatic nitrogens is 2. The third kappa shape index (κ3) is 2.77. The number of nitrogens with zero attached hydrogens (tertiary/aromatic N) is 3. The first-order chi connectivity index (χ1) is 9.14. The first kappa shape index (κ1) is 14.3. The number of piperidine rings is 1. The fourth-order valence-electron chi connectivity index (χ4n) is 2.84. The largest absolute Gasteiger partial charge is 0.493 e. The molecule has 0 radical (unpaired) electrons. The normalized spacial score (nSPS) is 19.6. The Labute approximate surface area is 115 Å². The molecule has 1 aromatic rings. The van der Waals surface area contributed by atoms with Gasteiger partial charge < -0.3 is 14.7 Å². The van der Waals surface area contributed by atoms with E-state index in [1.807, 2.05) is 4.68 Å². The van der Waals surface area contributed by atoms with E-state index >= 15 is 0 Å². The average molecular weight is 267 g/mol. The van der Waals surface area contributed by atoms with Crippen molar-refractivity contribution in [3.05, 3.63) is 11.9 Å². The molecule has 2 heterocycles. The highest BCUT2D eigenvalue weighted by atomic mass is 16.5. The van der Waals surface area contributed by atoms with Crippen molar-refractivity contribution < 1.29 is 9.84 Å². The third-order valence-corrected chi connectivity index (χ3v) is 4.03. The maximum atomic E-state index is 11.0. The number of hydrogen-bond acceptors (Lipinski definition) is 4. The molecular weight excluding hydrogens is 242 g/mol. The minimum absolute atomic E-state index is 0.709. The van der Waals surface area contributed by atoms with E-state index in [4.69, 9.17) is 4.74 Å². The quantitative estimate of drug-likeness (QED) is 0.880. The Morgan fingerprint density at radius 3 is 2.58 bits per heavy atom. The van der Waals surface area contributed by atoms with Gasteiger partial charge in [0.25, 0.3) is 0 Å². The summed E-state index contributed by atoms with van der Waals surface area (Å²) in [5, 5.41) is 15.4. The van der Waals surface area contributed by atoms with Crippen LogP contribution in [0.15, 0.2) is 6.20 Å². The van der Waals surface area contributed by atoms with Gasteiger partial charge in [0.2, 0.25) is 0 Å². The maximum absolute atomic E-state index is 11.0. The number of hydrogen-bond donors (Lipinski definition) is 1. The van der Waals surface area contributed by atoms with E-state index in [2.05, 4.69) is 23.8 Å². The molecule has 0 atom stereocenters. The van der Waals surface area contributed by atoms with Crippen molar-refractivity contribution in [3.63, 3.8) is 0 Å². The number of rotatable bonds is 5. The zero-order valence-corrected chi connectivity index (χ0v) is 12.2. The highest BCUT2D eigenvalue weighted by Gasteiger charge is 2.39. The molecule has 0 saturated carbocycles. The summed E-state index contributed by atoms with van der Waals surface area (Å²) in [5.74, 6) is 0.709. The van der Waals surface area contributed by atoms with E-state index in [-0.39, 0.29) is 0 Å². The second-order valence-electron chi connectivity index (χ2n) is 5.25. The molecule has 1 fully saturated rings. The predicted molar refractivity (Wildman–Crippen MR) is 74.3 cm³/mol. The van der Waals surface area contributed by atoms with Gasteiger partial charge in [-0.1, -0.05) is 13.8 Å². The van der Waals surface area contributed by atoms with Gasteiger partial charge in [0.05, 0.1) is 13.3 Å². The summed E-state index contributed by atoms with van der Waals surface area (Å²) in [4.78, 5) is 2.36. The molecule has 1 aliphatic heterocycles. The molecule has 1 aliphatic rings. The van der Waals surface area contributed by atoms with Crippen LogP contribution in [0.1, 0.15) is 38.8 Å². The van der Waals surface area contributed by atoms with E-state index in [1.54, 1.807) is 13.3 Å². The zero-order chi connectivity index (χ0) is 13.9. The lowest BCUT2D eigenvalue weighted by Crippen LogP contribution is -2.43. The standard InChI is InChI=1S/C14H25N3O2/c1-4-8-17-13(12(19-3)11-15-17)14(18)6-9-16(5-2)10-7-14/h11,18H,4-10H2,1-3H3. The summed E-state index contributed by atoms with van der Waals surface area (Å²) < 4.78 is 7.29. The van der Waals surface area contributed by atoms with Crippen LogP contribution >= 0.6 is 0 Å². The smallest absolute Gasteiger partial charge is 0.162 e. The van der Waals surface area contributed by atoms with Crippen LogP contribution in [0, 0.1) is 0 Å². The molecule has 0 aromatic carbocycles. The molecule has 1 saturated heterocycles. The lowest BCUT2D eigenvalue weighted by Gasteiger charge is -2.38. The molecule has 5 nitrogen and oxygen atoms in total. The van der Waals surface area contributed by atoms with Gasteiger partial charge in [-0.15, -0.1) is 0 Å². The summed E-state index contributed by atoms with van der Waals surface area (Å²) in [6.45, 7) is 7.98. The fourth-order valence-corrected chi connectivity index (χ4v) is 2.84. The minimum atomic E-state index is -0.803. The summed E-state index contributed by atoms with van der Waals surface area (Å²) in [5.41, 5.74) is 0.0514. The number of aryl methyl sites for hydroxylation is 1. The van der Waals surface area contributed by atoms with Crippen molar-refractivity contribution in [3.8, 4) is 5.75 Å². The van der Waals surface area contributed by atoms with Crippen LogP contribution in [0.4, 0.5) is 0 Å². The molecule has 1 N–H and O–H groups in total. The van der Waals surface area contributed by atoms with Gasteiger partial charge in [0.1, 0.15) is 11.3 Å². The second-order valence-corrected chi connectivity index (χ2v) is 5.25. The van der Waals surface area contributed by atoms with Crippen LogP contribution in [-0.4, -0.2) is 46.5 Å². The Bertz CT molecular complexity index is 409. The number of methoxy groups -OCH3 is 1. The Morgan fingerprint density at radius 1 is 1.37 bits per heavy atom. The van der Waals surface area contributed by atoms with Gasteiger partial charge in [0.15, 0.2) is 5.75 Å². The zero-order valence-electron chi connectivity index (χ0n) is 12.2. The van der Waals surface area contributed by atoms with Crippen molar-refractivity contribution in [2.75, 3.05) is 26.7 Å². The lowest BCUT2D eigenvalue weighted by molar-refractivity contribution is -0.0332. The Kier molecular flexibility index (Phi) is 4.47. The van der Waals surface area contributed by atoms with Crippen molar-refractivity contribution >= 4 is 0 Å². The Hall–Kier alpha value is -1.07. The number of aliphatic hydroxyl groups is 1. The summed E-state index contributed by atoms with van der Waals surface area (Å²) in [6, 6.07) is 0. The molecule has 19 heavy (non-hydrogen) atoms. The monoisotopic (exact) mass is 267 g/mol. The van der Waals surface area contributed by atoms with E-state index in [0.29, 0.717) is 5.75 Å². The third-order valence-electron chi connectivity index (χ3n) is 4.03. The average Bonchev–Trinajstić information content (AvgIpc) is 2.84. The molecule has 108 valence electrons. The summed E-state index contributed by atoms with van der Waals surface area (Å²) in [7, 11) is 1.64. The first-order valence-electron chi connectivity index (χ1n) is 7.19. The summed E-state index contributed by atoms with van der Waals surface area (Å²) in [6.07, 6.45) is 4.20. The van der Waals surface area contributed by atoms with E-state index in [0.717, 1.165) is 51.1 Å². The second kappa shape index (κ2) is 5.92. The predicted octanol–water partition coefficient (Wildman–Crippen LogP) is 1.60. The van der Waals surface area contributed by atoms with Crippen LogP contribution in [0.25, 0.3) is 0 Å². The van der Waals surface area contributed by atoms with Gasteiger partial charge in [-0.3, -0.25) is 4.68 Å². The highest BCUT2D eigenvalue weighted by Crippen LogP contribution is 2.38. The van der Waals surface area contributed by atoms with Crippen LogP contribution in [-0.2, 0) is 12.1 Å². The molecule has 5 heteroatoms. The molecule has 1 aromatic heterocycles. The lowest BCUT2D eigenvalue weighted by atomic mass is 9.87. The van der Waals surface area contributed by atoms with Crippen LogP contribution in [0.3, 0.4) is 0 Å². The van der Waals surface area contributed by atoms with Gasteiger partial charge in [-0.2, -0.15) is 5.10 Å². The van der Waals surface area contributed by atoms with Gasteiger partial charge in [-0.25, -0.2) is 0 Å². The Balaban J connectivity index is 2.26. The molecule has 0 amide bonds. The molecule has 0 spiro atoms. The molecule has 0 bridgehead atoms. The van der Waals surface area contributed by atoms with Crippen molar-refractivity contribution in [1.29, 1.82) is 0 Å². The van der Waals surface area contributed by atoms with Crippen molar-refractivity contribution in [2.24, 2.45) is 0 Å². The molecule has 0 aliphatic carbocycles. The molecule has 2 rings (SSSR count). The first-order valence-corrected chi connectivity index (χ1v) is 7.19. The van der Waals surface area contributed by atoms with E-state index in [1.165, 1.54) is 0 Å². The van der Waals surface area contributed by atoms with Gasteiger partial charge in [0, 0.05) is 19.6 Å². The fraction of sp³-hybridized carbons (Fsp3) is 0.786. The summed E-state index contributed by atoms with van der Waals surface area (Å²) >= 11 is 0.